The van der Waals surface area contributed by atoms with Crippen LogP contribution in [0.4, 0.5) is 0 Å². The molecular weight excluding hydrogens is 172 g/mol. The summed E-state index contributed by atoms with van der Waals surface area (Å²) < 4.78 is 5.33. The van der Waals surface area contributed by atoms with Gasteiger partial charge in [0.25, 0.3) is 0 Å². The number of benzene rings is 1. The highest BCUT2D eigenvalue weighted by Gasteiger charge is 1.90. The van der Waals surface area contributed by atoms with E-state index in [4.69, 9.17) is 4.74 Å². The van der Waals surface area contributed by atoms with Crippen LogP contribution in [0.25, 0.3) is 6.08 Å². The number of hydrogen-bond donors (Lipinski definition) is 0. The van der Waals surface area contributed by atoms with Crippen LogP contribution in [0.1, 0.15) is 12.5 Å². The Balaban J connectivity index is 2.47. The lowest BCUT2D eigenvalue weighted by atomic mass is 10.1. The second-order valence-electron chi connectivity index (χ2n) is 3.21. The molecule has 0 N–H and O–H groups in total. The highest BCUT2D eigenvalue weighted by atomic mass is 16.5. The molecule has 0 aliphatic heterocycles. The van der Waals surface area contributed by atoms with Gasteiger partial charge in [0.1, 0.15) is 0 Å². The number of rotatable bonds is 5. The third kappa shape index (κ3) is 4.06. The molecule has 1 nitrogen and oxygen atoms in total. The molecular formula is C13H16O. The lowest BCUT2D eigenvalue weighted by molar-refractivity contribution is 0.188. The molecule has 0 radical (unpaired) electrons. The van der Waals surface area contributed by atoms with E-state index in [1.165, 1.54) is 11.1 Å². The van der Waals surface area contributed by atoms with E-state index in [2.05, 4.69) is 31.7 Å². The molecule has 0 heterocycles. The van der Waals surface area contributed by atoms with Gasteiger partial charge in [-0.3, -0.25) is 0 Å². The molecule has 0 amide bonds. The Morgan fingerprint density at radius 1 is 1.36 bits per heavy atom. The van der Waals surface area contributed by atoms with E-state index in [-0.39, 0.29) is 0 Å². The van der Waals surface area contributed by atoms with Crippen molar-refractivity contribution < 1.29 is 4.74 Å². The molecule has 14 heavy (non-hydrogen) atoms. The molecule has 0 atom stereocenters. The lowest BCUT2D eigenvalue weighted by Gasteiger charge is -2.01. The molecule has 1 aromatic rings. The van der Waals surface area contributed by atoms with Crippen molar-refractivity contribution in [1.29, 1.82) is 0 Å². The first kappa shape index (κ1) is 10.7. The van der Waals surface area contributed by atoms with Gasteiger partial charge >= 0.3 is 0 Å². The van der Waals surface area contributed by atoms with Gasteiger partial charge in [0.15, 0.2) is 0 Å². The predicted molar refractivity (Wildman–Crippen MR) is 61.1 cm³/mol. The topological polar surface area (TPSA) is 9.23 Å². The zero-order valence-corrected chi connectivity index (χ0v) is 8.57. The zero-order valence-electron chi connectivity index (χ0n) is 8.57. The van der Waals surface area contributed by atoms with Crippen LogP contribution in [0.15, 0.2) is 48.6 Å². The van der Waals surface area contributed by atoms with Gasteiger partial charge in [0.05, 0.1) is 13.2 Å². The van der Waals surface area contributed by atoms with Crippen LogP contribution < -0.4 is 0 Å². The van der Waals surface area contributed by atoms with Crippen LogP contribution in [-0.4, -0.2) is 13.2 Å². The van der Waals surface area contributed by atoms with Crippen LogP contribution in [0.5, 0.6) is 0 Å². The minimum atomic E-state index is 0.611. The minimum Gasteiger partial charge on any atom is -0.373 e. The third-order valence-electron chi connectivity index (χ3n) is 1.78. The Bertz CT molecular complexity index is 298. The Labute approximate surface area is 85.7 Å². The lowest BCUT2D eigenvalue weighted by Crippen LogP contribution is -1.94. The van der Waals surface area contributed by atoms with Crippen molar-refractivity contribution in [2.75, 3.05) is 13.2 Å². The van der Waals surface area contributed by atoms with Crippen molar-refractivity contribution in [3.05, 3.63) is 54.1 Å². The number of hydrogen-bond acceptors (Lipinski definition) is 1. The zero-order chi connectivity index (χ0) is 10.2. The van der Waals surface area contributed by atoms with Gasteiger partial charge in [-0.05, 0) is 18.1 Å². The van der Waals surface area contributed by atoms with E-state index < -0.39 is 0 Å². The first-order valence-electron chi connectivity index (χ1n) is 4.74. The van der Waals surface area contributed by atoms with E-state index >= 15 is 0 Å². The maximum atomic E-state index is 5.33. The number of ether oxygens (including phenoxy) is 1. The summed E-state index contributed by atoms with van der Waals surface area (Å²) in [5.74, 6) is 0. The van der Waals surface area contributed by atoms with Gasteiger partial charge in [-0.25, -0.2) is 0 Å². The smallest absolute Gasteiger partial charge is 0.0681 e. The molecule has 0 bridgehead atoms. The summed E-state index contributed by atoms with van der Waals surface area (Å²) in [7, 11) is 0. The minimum absolute atomic E-state index is 0.611. The van der Waals surface area contributed by atoms with Crippen LogP contribution in [0, 0.1) is 0 Å². The molecule has 0 fully saturated rings. The molecule has 0 saturated heterocycles. The van der Waals surface area contributed by atoms with Crippen molar-refractivity contribution in [2.24, 2.45) is 0 Å². The van der Waals surface area contributed by atoms with Crippen LogP contribution in [-0.2, 0) is 4.74 Å². The first-order valence-corrected chi connectivity index (χ1v) is 4.74. The van der Waals surface area contributed by atoms with E-state index in [1.807, 2.05) is 18.2 Å². The molecule has 0 unspecified atom stereocenters. The first-order chi connectivity index (χ1) is 6.83. The van der Waals surface area contributed by atoms with Gasteiger partial charge in [-0.1, -0.05) is 42.5 Å². The van der Waals surface area contributed by atoms with E-state index in [0.717, 1.165) is 0 Å². The fraction of sp³-hybridized carbons (Fsp3) is 0.231. The van der Waals surface area contributed by atoms with Gasteiger partial charge in [-0.2, -0.15) is 0 Å². The van der Waals surface area contributed by atoms with Crippen molar-refractivity contribution in [3.8, 4) is 0 Å². The van der Waals surface area contributed by atoms with Gasteiger partial charge < -0.3 is 4.74 Å². The summed E-state index contributed by atoms with van der Waals surface area (Å²) in [6.45, 7) is 6.94. The van der Waals surface area contributed by atoms with Gasteiger partial charge in [-0.15, -0.1) is 6.58 Å². The molecule has 0 spiro atoms. The van der Waals surface area contributed by atoms with E-state index in [0.29, 0.717) is 13.2 Å². The SMILES string of the molecule is C=CCOCC(C)=Cc1ccccc1. The summed E-state index contributed by atoms with van der Waals surface area (Å²) in [4.78, 5) is 0. The van der Waals surface area contributed by atoms with Crippen molar-refractivity contribution >= 4 is 6.08 Å². The fourth-order valence-corrected chi connectivity index (χ4v) is 1.18. The Hall–Kier alpha value is -1.34. The summed E-state index contributed by atoms with van der Waals surface area (Å²) in [6, 6.07) is 10.2. The predicted octanol–water partition coefficient (Wildman–Crippen LogP) is 3.29. The van der Waals surface area contributed by atoms with Crippen molar-refractivity contribution in [3.63, 3.8) is 0 Å². The second-order valence-corrected chi connectivity index (χ2v) is 3.21. The summed E-state index contributed by atoms with van der Waals surface area (Å²) in [5, 5.41) is 0. The van der Waals surface area contributed by atoms with Crippen LogP contribution in [0.3, 0.4) is 0 Å². The summed E-state index contributed by atoms with van der Waals surface area (Å²) in [5.41, 5.74) is 2.44. The summed E-state index contributed by atoms with van der Waals surface area (Å²) in [6.07, 6.45) is 3.89. The quantitative estimate of drug-likeness (QED) is 0.509. The van der Waals surface area contributed by atoms with E-state index in [1.54, 1.807) is 6.08 Å². The molecule has 0 aliphatic rings. The molecule has 0 aromatic heterocycles. The van der Waals surface area contributed by atoms with Crippen LogP contribution in [0.2, 0.25) is 0 Å². The maximum Gasteiger partial charge on any atom is 0.0681 e. The van der Waals surface area contributed by atoms with Crippen molar-refractivity contribution in [2.45, 2.75) is 6.92 Å². The largest absolute Gasteiger partial charge is 0.373 e. The molecule has 0 saturated carbocycles. The highest BCUT2D eigenvalue weighted by Crippen LogP contribution is 2.05. The third-order valence-corrected chi connectivity index (χ3v) is 1.78. The standard InChI is InChI=1S/C13H16O/c1-3-9-14-11-12(2)10-13-7-5-4-6-8-13/h3-8,10H,1,9,11H2,2H3. The van der Waals surface area contributed by atoms with Gasteiger partial charge in [0, 0.05) is 0 Å². The average Bonchev–Trinajstić information content (AvgIpc) is 2.20. The normalized spacial score (nSPS) is 11.4. The van der Waals surface area contributed by atoms with E-state index in [9.17, 15) is 0 Å². The van der Waals surface area contributed by atoms with Gasteiger partial charge in [0.2, 0.25) is 0 Å². The summed E-state index contributed by atoms with van der Waals surface area (Å²) >= 11 is 0. The maximum absolute atomic E-state index is 5.33. The average molecular weight is 188 g/mol. The molecule has 0 aliphatic carbocycles. The van der Waals surface area contributed by atoms with Crippen LogP contribution >= 0.6 is 0 Å². The molecule has 74 valence electrons. The molecule has 1 aromatic carbocycles. The highest BCUT2D eigenvalue weighted by molar-refractivity contribution is 5.52. The van der Waals surface area contributed by atoms with Crippen molar-refractivity contribution in [1.82, 2.24) is 0 Å². The second kappa shape index (κ2) is 6.17. The molecule has 1 rings (SSSR count). The monoisotopic (exact) mass is 188 g/mol. The fourth-order valence-electron chi connectivity index (χ4n) is 1.18. The molecule has 1 heteroatoms. The Morgan fingerprint density at radius 2 is 2.07 bits per heavy atom. The Kier molecular flexibility index (Phi) is 4.73. The Morgan fingerprint density at radius 3 is 2.71 bits per heavy atom.